The summed E-state index contributed by atoms with van der Waals surface area (Å²) in [5.41, 5.74) is 1.70. The zero-order valence-electron chi connectivity index (χ0n) is 12.0. The molecule has 0 fully saturated rings. The fraction of sp³-hybridized carbons (Fsp3) is 0.400. The lowest BCUT2D eigenvalue weighted by molar-refractivity contribution is 0.0928. The molecule has 1 N–H and O–H groups in total. The first-order chi connectivity index (χ1) is 10.2. The van der Waals surface area contributed by atoms with E-state index in [-0.39, 0.29) is 11.9 Å². The number of pyridine rings is 1. The Hall–Kier alpha value is -1.40. The van der Waals surface area contributed by atoms with Gasteiger partial charge in [-0.1, -0.05) is 0 Å². The molecule has 1 atom stereocenters. The van der Waals surface area contributed by atoms with E-state index < -0.39 is 0 Å². The smallest absolute Gasteiger partial charge is 0.254 e. The summed E-state index contributed by atoms with van der Waals surface area (Å²) in [6.45, 7) is 2.02. The molecule has 1 aliphatic rings. The van der Waals surface area contributed by atoms with E-state index in [2.05, 4.69) is 15.3 Å². The molecule has 6 heteroatoms. The van der Waals surface area contributed by atoms with Gasteiger partial charge in [0.2, 0.25) is 0 Å². The first-order valence-electron chi connectivity index (χ1n) is 6.95. The molecule has 110 valence electrons. The topological polar surface area (TPSA) is 54.9 Å². The van der Waals surface area contributed by atoms with Gasteiger partial charge in [0.15, 0.2) is 0 Å². The third-order valence-electron chi connectivity index (χ3n) is 3.58. The molecule has 2 aromatic heterocycles. The molecule has 0 unspecified atom stereocenters. The average Bonchev–Trinajstić information content (AvgIpc) is 2.88. The van der Waals surface area contributed by atoms with Gasteiger partial charge in [0.1, 0.15) is 5.03 Å². The van der Waals surface area contributed by atoms with E-state index in [0.29, 0.717) is 5.56 Å². The number of hydrogen-bond acceptors (Lipinski definition) is 5. The highest BCUT2D eigenvalue weighted by Crippen LogP contribution is 2.33. The van der Waals surface area contributed by atoms with Crippen LogP contribution in [-0.4, -0.2) is 22.1 Å². The van der Waals surface area contributed by atoms with E-state index in [1.807, 2.05) is 19.2 Å². The summed E-state index contributed by atoms with van der Waals surface area (Å²) in [5.74, 6) is -0.0593. The molecule has 0 radical (unpaired) electrons. The van der Waals surface area contributed by atoms with Crippen LogP contribution in [0.5, 0.6) is 0 Å². The van der Waals surface area contributed by atoms with Crippen LogP contribution in [0.3, 0.4) is 0 Å². The number of nitrogens with one attached hydrogen (secondary N) is 1. The number of fused-ring (bicyclic) bond motifs is 1. The molecule has 0 saturated carbocycles. The summed E-state index contributed by atoms with van der Waals surface area (Å²) in [6.07, 6.45) is 6.78. The van der Waals surface area contributed by atoms with Gasteiger partial charge in [0.25, 0.3) is 5.91 Å². The molecule has 2 aromatic rings. The maximum absolute atomic E-state index is 12.5. The molecule has 0 aromatic carbocycles. The Morgan fingerprint density at radius 1 is 1.52 bits per heavy atom. The maximum Gasteiger partial charge on any atom is 0.254 e. The minimum absolute atomic E-state index is 0.0288. The van der Waals surface area contributed by atoms with Crippen LogP contribution in [-0.2, 0) is 6.42 Å². The van der Waals surface area contributed by atoms with Gasteiger partial charge < -0.3 is 5.32 Å². The number of aromatic nitrogens is 2. The van der Waals surface area contributed by atoms with Crippen molar-refractivity contribution in [3.8, 4) is 0 Å². The van der Waals surface area contributed by atoms with Gasteiger partial charge >= 0.3 is 0 Å². The van der Waals surface area contributed by atoms with E-state index in [9.17, 15) is 4.79 Å². The summed E-state index contributed by atoms with van der Waals surface area (Å²) >= 11 is 3.24. The number of thioether (sulfide) groups is 1. The first-order valence-corrected chi connectivity index (χ1v) is 8.99. The van der Waals surface area contributed by atoms with Crippen LogP contribution in [0.4, 0.5) is 0 Å². The molecule has 2 heterocycles. The van der Waals surface area contributed by atoms with Crippen molar-refractivity contribution in [1.82, 2.24) is 15.3 Å². The summed E-state index contributed by atoms with van der Waals surface area (Å²) in [5, 5.41) is 4.97. The van der Waals surface area contributed by atoms with Crippen LogP contribution in [0.2, 0.25) is 0 Å². The Balaban J connectivity index is 1.82. The van der Waals surface area contributed by atoms with Gasteiger partial charge in [-0.05, 0) is 44.6 Å². The average molecular weight is 319 g/mol. The fourth-order valence-corrected chi connectivity index (χ4v) is 4.23. The fourth-order valence-electron chi connectivity index (χ4n) is 2.64. The summed E-state index contributed by atoms with van der Waals surface area (Å²) in [6, 6.07) is 3.65. The van der Waals surface area contributed by atoms with Crippen LogP contribution < -0.4 is 5.32 Å². The third-order valence-corrected chi connectivity index (χ3v) is 5.33. The number of amides is 1. The molecule has 21 heavy (non-hydrogen) atoms. The Kier molecular flexibility index (Phi) is 4.26. The highest BCUT2D eigenvalue weighted by Gasteiger charge is 2.26. The Bertz CT molecular complexity index is 669. The zero-order chi connectivity index (χ0) is 14.8. The normalized spacial score (nSPS) is 17.3. The van der Waals surface area contributed by atoms with Crippen molar-refractivity contribution in [2.24, 2.45) is 0 Å². The molecule has 1 aliphatic carbocycles. The van der Waals surface area contributed by atoms with Crippen molar-refractivity contribution in [3.05, 3.63) is 39.5 Å². The molecule has 0 spiro atoms. The summed E-state index contributed by atoms with van der Waals surface area (Å²) < 4.78 is 0. The number of rotatable bonds is 3. The first kappa shape index (κ1) is 14.5. The van der Waals surface area contributed by atoms with Crippen molar-refractivity contribution in [2.45, 2.75) is 37.3 Å². The lowest BCUT2D eigenvalue weighted by Gasteiger charge is -2.22. The second kappa shape index (κ2) is 6.15. The molecular weight excluding hydrogens is 302 g/mol. The number of carbonyl (C=O) groups is 1. The van der Waals surface area contributed by atoms with Crippen molar-refractivity contribution in [3.63, 3.8) is 0 Å². The van der Waals surface area contributed by atoms with Gasteiger partial charge in [-0.2, -0.15) is 0 Å². The number of hydrogen-bond donors (Lipinski definition) is 1. The molecule has 3 rings (SSSR count). The molecule has 0 bridgehead atoms. The molecule has 4 nitrogen and oxygen atoms in total. The summed E-state index contributed by atoms with van der Waals surface area (Å²) in [7, 11) is 0. The second-order valence-corrected chi connectivity index (χ2v) is 7.10. The van der Waals surface area contributed by atoms with Crippen molar-refractivity contribution >= 4 is 29.0 Å². The SMILES string of the molecule is CSc1ncccc1C(=O)N[C@H]1CCCc2sc(C)nc21. The van der Waals surface area contributed by atoms with Gasteiger partial charge in [-0.25, -0.2) is 9.97 Å². The standard InChI is InChI=1S/C15H17N3OS2/c1-9-17-13-11(6-3-7-12(13)21-9)18-14(19)10-5-4-8-16-15(10)20-2/h4-5,8,11H,3,6-7H2,1-2H3,(H,18,19)/t11-/m0/s1. The van der Waals surface area contributed by atoms with Crippen molar-refractivity contribution < 1.29 is 4.79 Å². The largest absolute Gasteiger partial charge is 0.344 e. The van der Waals surface area contributed by atoms with E-state index in [1.54, 1.807) is 23.6 Å². The molecule has 0 aliphatic heterocycles. The lowest BCUT2D eigenvalue weighted by atomic mass is 9.97. The predicted molar refractivity (Wildman–Crippen MR) is 86.0 cm³/mol. The Morgan fingerprint density at radius 2 is 2.38 bits per heavy atom. The monoisotopic (exact) mass is 319 g/mol. The number of nitrogens with zero attached hydrogens (tertiary/aromatic N) is 2. The van der Waals surface area contributed by atoms with Gasteiger partial charge in [-0.15, -0.1) is 23.1 Å². The number of thiazole rings is 1. The zero-order valence-corrected chi connectivity index (χ0v) is 13.7. The number of carbonyl (C=O) groups excluding carboxylic acids is 1. The predicted octanol–water partition coefficient (Wildman–Crippen LogP) is 3.38. The lowest BCUT2D eigenvalue weighted by Crippen LogP contribution is -2.31. The van der Waals surface area contributed by atoms with Crippen LogP contribution in [0.25, 0.3) is 0 Å². The van der Waals surface area contributed by atoms with Gasteiger partial charge in [-0.3, -0.25) is 4.79 Å². The van der Waals surface area contributed by atoms with Gasteiger partial charge in [0, 0.05) is 11.1 Å². The van der Waals surface area contributed by atoms with E-state index in [4.69, 9.17) is 0 Å². The van der Waals surface area contributed by atoms with Crippen LogP contribution in [0.1, 0.15) is 44.8 Å². The quantitative estimate of drug-likeness (QED) is 0.881. The third kappa shape index (κ3) is 2.96. The van der Waals surface area contributed by atoms with E-state index in [1.165, 1.54) is 16.6 Å². The van der Waals surface area contributed by atoms with Gasteiger partial charge in [0.05, 0.1) is 22.3 Å². The highest BCUT2D eigenvalue weighted by atomic mass is 32.2. The van der Waals surface area contributed by atoms with Crippen molar-refractivity contribution in [2.75, 3.05) is 6.26 Å². The molecule has 1 amide bonds. The maximum atomic E-state index is 12.5. The summed E-state index contributed by atoms with van der Waals surface area (Å²) in [4.78, 5) is 22.7. The van der Waals surface area contributed by atoms with Crippen molar-refractivity contribution in [1.29, 1.82) is 0 Å². The molecular formula is C15H17N3OS2. The molecule has 0 saturated heterocycles. The Labute approximate surface area is 132 Å². The Morgan fingerprint density at radius 3 is 3.19 bits per heavy atom. The van der Waals surface area contributed by atoms with Crippen LogP contribution >= 0.6 is 23.1 Å². The van der Waals surface area contributed by atoms with Crippen LogP contribution in [0.15, 0.2) is 23.4 Å². The number of aryl methyl sites for hydroxylation is 2. The second-order valence-electron chi connectivity index (χ2n) is 5.02. The minimum atomic E-state index is -0.0593. The van der Waals surface area contributed by atoms with Crippen LogP contribution in [0, 0.1) is 6.92 Å². The highest BCUT2D eigenvalue weighted by molar-refractivity contribution is 7.98. The van der Waals surface area contributed by atoms with E-state index >= 15 is 0 Å². The van der Waals surface area contributed by atoms with E-state index in [0.717, 1.165) is 35.0 Å². The minimum Gasteiger partial charge on any atom is -0.344 e.